The molecular weight excluding hydrogens is 180 g/mol. The van der Waals surface area contributed by atoms with E-state index in [4.69, 9.17) is 14.2 Å². The van der Waals surface area contributed by atoms with Gasteiger partial charge in [-0.3, -0.25) is 0 Å². The summed E-state index contributed by atoms with van der Waals surface area (Å²) in [6.45, 7) is 12.4. The Morgan fingerprint density at radius 1 is 1.07 bits per heavy atom. The maximum absolute atomic E-state index is 5.43. The van der Waals surface area contributed by atoms with Crippen LogP contribution in [0.3, 0.4) is 0 Å². The zero-order chi connectivity index (χ0) is 11.0. The van der Waals surface area contributed by atoms with Crippen LogP contribution in [0.25, 0.3) is 0 Å². The first-order valence-corrected chi connectivity index (χ1v) is 4.87. The van der Waals surface area contributed by atoms with E-state index in [0.717, 1.165) is 5.76 Å². The zero-order valence-corrected chi connectivity index (χ0v) is 9.76. The molecule has 14 heavy (non-hydrogen) atoms. The molecule has 0 atom stereocenters. The first-order chi connectivity index (χ1) is 6.48. The van der Waals surface area contributed by atoms with Crippen molar-refractivity contribution in [2.45, 2.75) is 20.8 Å². The van der Waals surface area contributed by atoms with Gasteiger partial charge in [0.15, 0.2) is 0 Å². The highest BCUT2D eigenvalue weighted by atomic mass is 16.5. The van der Waals surface area contributed by atoms with Crippen LogP contribution in [0, 0.1) is 5.41 Å². The molecule has 0 amide bonds. The Labute approximate surface area is 87.0 Å². The van der Waals surface area contributed by atoms with Crippen molar-refractivity contribution in [2.24, 2.45) is 5.41 Å². The van der Waals surface area contributed by atoms with E-state index >= 15 is 0 Å². The minimum atomic E-state index is 0.00648. The van der Waals surface area contributed by atoms with E-state index in [1.54, 1.807) is 7.11 Å². The van der Waals surface area contributed by atoms with Crippen molar-refractivity contribution in [3.8, 4) is 0 Å². The van der Waals surface area contributed by atoms with Gasteiger partial charge in [0.05, 0.1) is 25.6 Å². The summed E-state index contributed by atoms with van der Waals surface area (Å²) >= 11 is 0. The summed E-state index contributed by atoms with van der Waals surface area (Å²) in [6.07, 6.45) is 0. The smallest absolute Gasteiger partial charge is 0.111 e. The van der Waals surface area contributed by atoms with Crippen molar-refractivity contribution in [3.05, 3.63) is 12.3 Å². The fraction of sp³-hybridized carbons (Fsp3) is 0.818. The summed E-state index contributed by atoms with van der Waals surface area (Å²) in [6, 6.07) is 0. The van der Waals surface area contributed by atoms with Crippen molar-refractivity contribution in [1.29, 1.82) is 0 Å². The molecule has 0 fully saturated rings. The van der Waals surface area contributed by atoms with E-state index in [2.05, 4.69) is 27.4 Å². The maximum atomic E-state index is 5.43. The fourth-order valence-corrected chi connectivity index (χ4v) is 0.685. The molecule has 0 radical (unpaired) electrons. The van der Waals surface area contributed by atoms with Crippen LogP contribution < -0.4 is 0 Å². The first kappa shape index (κ1) is 13.5. The monoisotopic (exact) mass is 202 g/mol. The van der Waals surface area contributed by atoms with Gasteiger partial charge < -0.3 is 14.2 Å². The van der Waals surface area contributed by atoms with Crippen molar-refractivity contribution in [3.63, 3.8) is 0 Å². The van der Waals surface area contributed by atoms with Crippen LogP contribution in [0.5, 0.6) is 0 Å². The Balaban J connectivity index is 3.33. The van der Waals surface area contributed by atoms with Crippen LogP contribution in [0.1, 0.15) is 20.8 Å². The molecule has 0 bridgehead atoms. The van der Waals surface area contributed by atoms with Crippen LogP contribution in [0.15, 0.2) is 12.3 Å². The molecule has 0 spiro atoms. The second-order valence-electron chi connectivity index (χ2n) is 4.13. The molecule has 0 unspecified atom stereocenters. The Hall–Kier alpha value is -0.540. The van der Waals surface area contributed by atoms with E-state index in [1.807, 2.05) is 0 Å². The molecule has 0 heterocycles. The van der Waals surface area contributed by atoms with E-state index in [-0.39, 0.29) is 5.41 Å². The zero-order valence-electron chi connectivity index (χ0n) is 9.76. The van der Waals surface area contributed by atoms with Crippen LogP contribution in [-0.2, 0) is 14.2 Å². The molecule has 84 valence electrons. The van der Waals surface area contributed by atoms with Gasteiger partial charge in [0.1, 0.15) is 6.61 Å². The van der Waals surface area contributed by atoms with Crippen molar-refractivity contribution < 1.29 is 14.2 Å². The third-order valence-corrected chi connectivity index (χ3v) is 1.77. The summed E-state index contributed by atoms with van der Waals surface area (Å²) in [5.74, 6) is 0.799. The van der Waals surface area contributed by atoms with Crippen molar-refractivity contribution in [2.75, 3.05) is 33.5 Å². The highest BCUT2D eigenvalue weighted by molar-refractivity contribution is 4.95. The minimum Gasteiger partial charge on any atom is -0.496 e. The Bertz CT molecular complexity index is 158. The van der Waals surface area contributed by atoms with Gasteiger partial charge in [0.25, 0.3) is 0 Å². The van der Waals surface area contributed by atoms with Gasteiger partial charge >= 0.3 is 0 Å². The van der Waals surface area contributed by atoms with Crippen LogP contribution in [-0.4, -0.2) is 33.5 Å². The van der Waals surface area contributed by atoms with Gasteiger partial charge in [-0.25, -0.2) is 0 Å². The van der Waals surface area contributed by atoms with Crippen LogP contribution >= 0.6 is 0 Å². The summed E-state index contributed by atoms with van der Waals surface area (Å²) in [5.41, 5.74) is 0.00648. The lowest BCUT2D eigenvalue weighted by atomic mass is 9.95. The molecule has 3 heteroatoms. The van der Waals surface area contributed by atoms with Gasteiger partial charge in [-0.05, 0) is 0 Å². The third kappa shape index (κ3) is 6.92. The third-order valence-electron chi connectivity index (χ3n) is 1.77. The molecule has 0 aliphatic carbocycles. The van der Waals surface area contributed by atoms with E-state index in [1.165, 1.54) is 0 Å². The molecular formula is C11H22O3. The number of hydrogen-bond acceptors (Lipinski definition) is 3. The summed E-state index contributed by atoms with van der Waals surface area (Å²) in [7, 11) is 1.65. The van der Waals surface area contributed by atoms with E-state index in [0.29, 0.717) is 26.4 Å². The van der Waals surface area contributed by atoms with Gasteiger partial charge in [-0.1, -0.05) is 27.4 Å². The van der Waals surface area contributed by atoms with Crippen molar-refractivity contribution in [1.82, 2.24) is 0 Å². The van der Waals surface area contributed by atoms with Crippen LogP contribution in [0.4, 0.5) is 0 Å². The van der Waals surface area contributed by atoms with Gasteiger partial charge in [0, 0.05) is 12.5 Å². The fourth-order valence-electron chi connectivity index (χ4n) is 0.685. The molecule has 0 saturated heterocycles. The largest absolute Gasteiger partial charge is 0.496 e. The molecule has 0 saturated carbocycles. The Morgan fingerprint density at radius 2 is 1.64 bits per heavy atom. The van der Waals surface area contributed by atoms with E-state index in [9.17, 15) is 0 Å². The lowest BCUT2D eigenvalue weighted by molar-refractivity contribution is 0.0335. The average Bonchev–Trinajstić information content (AvgIpc) is 2.09. The number of methoxy groups -OCH3 is 1. The molecule has 0 aliphatic heterocycles. The predicted octanol–water partition coefficient (Wildman–Crippen LogP) is 2.23. The number of allylic oxidation sites excluding steroid dienone is 1. The second kappa shape index (κ2) is 6.85. The highest BCUT2D eigenvalue weighted by Crippen LogP contribution is 2.23. The predicted molar refractivity (Wildman–Crippen MR) is 57.2 cm³/mol. The summed E-state index contributed by atoms with van der Waals surface area (Å²) in [5, 5.41) is 0. The topological polar surface area (TPSA) is 27.7 Å². The molecule has 0 N–H and O–H groups in total. The van der Waals surface area contributed by atoms with Crippen molar-refractivity contribution >= 4 is 0 Å². The first-order valence-electron chi connectivity index (χ1n) is 4.87. The molecule has 0 rings (SSSR count). The average molecular weight is 202 g/mol. The maximum Gasteiger partial charge on any atom is 0.111 e. The van der Waals surface area contributed by atoms with Gasteiger partial charge in [-0.2, -0.15) is 0 Å². The Kier molecular flexibility index (Phi) is 6.58. The number of hydrogen-bond donors (Lipinski definition) is 0. The van der Waals surface area contributed by atoms with Gasteiger partial charge in [-0.15, -0.1) is 0 Å². The molecule has 0 aromatic rings. The lowest BCUT2D eigenvalue weighted by Gasteiger charge is -2.21. The van der Waals surface area contributed by atoms with Gasteiger partial charge in [0.2, 0.25) is 0 Å². The molecule has 0 aromatic carbocycles. The lowest BCUT2D eigenvalue weighted by Crippen LogP contribution is -2.14. The standard InChI is InChI=1S/C11H22O3/c1-10(11(2,3)4)14-9-8-13-7-6-12-5/h1,6-9H2,2-5H3. The SMILES string of the molecule is C=C(OCCOCCOC)C(C)(C)C. The quantitative estimate of drug-likeness (QED) is 0.468. The number of ether oxygens (including phenoxy) is 3. The molecule has 0 aromatic heterocycles. The summed E-state index contributed by atoms with van der Waals surface area (Å²) < 4.78 is 15.5. The molecule has 3 nitrogen and oxygen atoms in total. The Morgan fingerprint density at radius 3 is 2.14 bits per heavy atom. The van der Waals surface area contributed by atoms with E-state index < -0.39 is 0 Å². The normalized spacial score (nSPS) is 11.4. The van der Waals surface area contributed by atoms with Crippen LogP contribution in [0.2, 0.25) is 0 Å². The molecule has 0 aliphatic rings. The minimum absolute atomic E-state index is 0.00648. The number of rotatable bonds is 7. The second-order valence-corrected chi connectivity index (χ2v) is 4.13. The summed E-state index contributed by atoms with van der Waals surface area (Å²) in [4.78, 5) is 0. The highest BCUT2D eigenvalue weighted by Gasteiger charge is 2.15.